The fourth-order valence-electron chi connectivity index (χ4n) is 1.59. The zero-order valence-electron chi connectivity index (χ0n) is 8.92. The van der Waals surface area contributed by atoms with Gasteiger partial charge in [0.1, 0.15) is 0 Å². The van der Waals surface area contributed by atoms with Gasteiger partial charge in [-0.3, -0.25) is 9.78 Å². The lowest BCUT2D eigenvalue weighted by molar-refractivity contribution is -0.116. The van der Waals surface area contributed by atoms with E-state index in [9.17, 15) is 9.70 Å². The highest BCUT2D eigenvalue weighted by Crippen LogP contribution is 2.31. The molecule has 1 heterocycles. The van der Waals surface area contributed by atoms with Gasteiger partial charge >= 0.3 is 0 Å². The van der Waals surface area contributed by atoms with Crippen molar-refractivity contribution in [2.45, 2.75) is 6.92 Å². The van der Waals surface area contributed by atoms with Crippen LogP contribution in [0, 0.1) is 4.91 Å². The molecule has 0 atom stereocenters. The van der Waals surface area contributed by atoms with Crippen LogP contribution in [-0.4, -0.2) is 10.9 Å². The van der Waals surface area contributed by atoms with Crippen LogP contribution >= 0.6 is 11.6 Å². The lowest BCUT2D eigenvalue weighted by Crippen LogP contribution is -2.21. The quantitative estimate of drug-likeness (QED) is 0.607. The molecule has 1 amide bonds. The first-order valence-corrected chi connectivity index (χ1v) is 5.19. The van der Waals surface area contributed by atoms with Gasteiger partial charge in [0.15, 0.2) is 0 Å². The van der Waals surface area contributed by atoms with Crippen LogP contribution in [-0.2, 0) is 4.79 Å². The Bertz CT molecular complexity index is 600. The summed E-state index contributed by atoms with van der Waals surface area (Å²) >= 11 is 6.02. The van der Waals surface area contributed by atoms with E-state index in [-0.39, 0.29) is 0 Å². The number of carbonyl (C=O) groups excluding carboxylic acids is 1. The van der Waals surface area contributed by atoms with E-state index in [0.29, 0.717) is 21.5 Å². The Morgan fingerprint density at radius 2 is 2.12 bits per heavy atom. The average molecular weight is 250 g/mol. The van der Waals surface area contributed by atoms with Gasteiger partial charge in [-0.2, -0.15) is 5.01 Å². The van der Waals surface area contributed by atoms with Crippen LogP contribution in [0.3, 0.4) is 0 Å². The maximum Gasteiger partial charge on any atom is 0.246 e. The Balaban J connectivity index is 2.74. The highest BCUT2D eigenvalue weighted by Gasteiger charge is 2.16. The standard InChI is InChI=1S/C11H8ClN3O2/c1-7(16)15(14-17)11-3-2-10(12)8-4-5-13-6-9(8)11/h2-6H,1H3. The molecule has 6 heteroatoms. The summed E-state index contributed by atoms with van der Waals surface area (Å²) in [7, 11) is 0. The van der Waals surface area contributed by atoms with Crippen LogP contribution in [0.1, 0.15) is 6.92 Å². The fraction of sp³-hybridized carbons (Fsp3) is 0.0909. The molecule has 17 heavy (non-hydrogen) atoms. The molecule has 0 bridgehead atoms. The van der Waals surface area contributed by atoms with Gasteiger partial charge in [0, 0.05) is 35.1 Å². The van der Waals surface area contributed by atoms with Crippen LogP contribution < -0.4 is 5.01 Å². The molecule has 1 aromatic heterocycles. The molecule has 2 aromatic rings. The summed E-state index contributed by atoms with van der Waals surface area (Å²) in [5.41, 5.74) is 0.375. The number of amides is 1. The number of nitrogens with zero attached hydrogens (tertiary/aromatic N) is 3. The van der Waals surface area contributed by atoms with E-state index in [2.05, 4.69) is 10.3 Å². The largest absolute Gasteiger partial charge is 0.273 e. The predicted octanol–water partition coefficient (Wildman–Crippen LogP) is 2.92. The summed E-state index contributed by atoms with van der Waals surface area (Å²) in [6.45, 7) is 1.26. The molecule has 0 aliphatic heterocycles. The Morgan fingerprint density at radius 1 is 1.35 bits per heavy atom. The van der Waals surface area contributed by atoms with Crippen molar-refractivity contribution in [3.8, 4) is 0 Å². The minimum absolute atomic E-state index is 0.375. The summed E-state index contributed by atoms with van der Waals surface area (Å²) < 4.78 is 0. The summed E-state index contributed by atoms with van der Waals surface area (Å²) in [5, 5.41) is 5.33. The molecule has 0 N–H and O–H groups in total. The van der Waals surface area contributed by atoms with Crippen molar-refractivity contribution < 1.29 is 4.79 Å². The van der Waals surface area contributed by atoms with E-state index in [1.807, 2.05) is 0 Å². The van der Waals surface area contributed by atoms with Gasteiger partial charge < -0.3 is 0 Å². The fourth-order valence-corrected chi connectivity index (χ4v) is 1.82. The Hall–Kier alpha value is -2.01. The van der Waals surface area contributed by atoms with Gasteiger partial charge in [-0.15, -0.1) is 4.91 Å². The number of halogens is 1. The molecule has 0 aliphatic rings. The topological polar surface area (TPSA) is 62.6 Å². The van der Waals surface area contributed by atoms with Crippen molar-refractivity contribution in [1.29, 1.82) is 0 Å². The normalized spacial score (nSPS) is 10.2. The van der Waals surface area contributed by atoms with Gasteiger partial charge in [0.05, 0.1) is 11.0 Å². The lowest BCUT2D eigenvalue weighted by atomic mass is 10.1. The summed E-state index contributed by atoms with van der Waals surface area (Å²) in [5.74, 6) is -0.465. The molecule has 0 aliphatic carbocycles. The maximum atomic E-state index is 11.3. The summed E-state index contributed by atoms with van der Waals surface area (Å²) in [4.78, 5) is 25.9. The molecule has 86 valence electrons. The highest BCUT2D eigenvalue weighted by molar-refractivity contribution is 6.36. The predicted molar refractivity (Wildman–Crippen MR) is 65.7 cm³/mol. The van der Waals surface area contributed by atoms with Crippen molar-refractivity contribution in [3.05, 3.63) is 40.5 Å². The number of hydrogen-bond acceptors (Lipinski definition) is 4. The third-order valence-corrected chi connectivity index (χ3v) is 2.68. The molecule has 0 saturated heterocycles. The molecular weight excluding hydrogens is 242 g/mol. The Morgan fingerprint density at radius 3 is 2.76 bits per heavy atom. The molecule has 0 unspecified atom stereocenters. The number of fused-ring (bicyclic) bond motifs is 1. The Kier molecular flexibility index (Phi) is 3.01. The van der Waals surface area contributed by atoms with E-state index >= 15 is 0 Å². The molecule has 1 aromatic carbocycles. The number of anilines is 1. The second-order valence-corrected chi connectivity index (χ2v) is 3.81. The average Bonchev–Trinajstić information content (AvgIpc) is 2.33. The zero-order valence-corrected chi connectivity index (χ0v) is 9.68. The van der Waals surface area contributed by atoms with Gasteiger partial charge in [0.2, 0.25) is 5.91 Å². The molecular formula is C11H8ClN3O2. The maximum absolute atomic E-state index is 11.3. The smallest absolute Gasteiger partial charge is 0.246 e. The van der Waals surface area contributed by atoms with E-state index in [4.69, 9.17) is 11.6 Å². The van der Waals surface area contributed by atoms with Gasteiger partial charge in [0.25, 0.3) is 0 Å². The van der Waals surface area contributed by atoms with Crippen molar-refractivity contribution in [1.82, 2.24) is 4.98 Å². The second kappa shape index (κ2) is 4.47. The third kappa shape index (κ3) is 1.97. The monoisotopic (exact) mass is 249 g/mol. The van der Waals surface area contributed by atoms with Crippen molar-refractivity contribution in [3.63, 3.8) is 0 Å². The molecule has 2 rings (SSSR count). The van der Waals surface area contributed by atoms with Gasteiger partial charge in [-0.1, -0.05) is 11.6 Å². The number of nitroso groups, excluding NO2 is 1. The Labute approximate surface area is 102 Å². The van der Waals surface area contributed by atoms with Crippen LogP contribution in [0.2, 0.25) is 5.02 Å². The lowest BCUT2D eigenvalue weighted by Gasteiger charge is -2.13. The van der Waals surface area contributed by atoms with Crippen molar-refractivity contribution >= 4 is 34.0 Å². The van der Waals surface area contributed by atoms with E-state index in [1.54, 1.807) is 24.4 Å². The van der Waals surface area contributed by atoms with Crippen molar-refractivity contribution in [2.75, 3.05) is 5.01 Å². The molecule has 0 saturated carbocycles. The number of rotatable bonds is 2. The first kappa shape index (κ1) is 11.5. The first-order valence-electron chi connectivity index (χ1n) is 4.81. The SMILES string of the molecule is CC(=O)N(N=O)c1ccc(Cl)c2ccncc12. The third-order valence-electron chi connectivity index (χ3n) is 2.35. The number of carbonyl (C=O) groups is 1. The molecule has 0 fully saturated rings. The van der Waals surface area contributed by atoms with Gasteiger partial charge in [-0.25, -0.2) is 0 Å². The number of aromatic nitrogens is 1. The van der Waals surface area contributed by atoms with Crippen LogP contribution in [0.15, 0.2) is 35.9 Å². The van der Waals surface area contributed by atoms with E-state index in [0.717, 1.165) is 5.01 Å². The van der Waals surface area contributed by atoms with Crippen LogP contribution in [0.25, 0.3) is 10.8 Å². The molecule has 0 radical (unpaired) electrons. The molecule has 5 nitrogen and oxygen atoms in total. The number of pyridine rings is 1. The van der Waals surface area contributed by atoms with E-state index in [1.165, 1.54) is 13.1 Å². The van der Waals surface area contributed by atoms with Crippen molar-refractivity contribution in [2.24, 2.45) is 5.29 Å². The first-order chi connectivity index (χ1) is 8.15. The highest BCUT2D eigenvalue weighted by atomic mass is 35.5. The van der Waals surface area contributed by atoms with E-state index < -0.39 is 5.91 Å². The second-order valence-electron chi connectivity index (χ2n) is 3.40. The van der Waals surface area contributed by atoms with Crippen LogP contribution in [0.4, 0.5) is 5.69 Å². The zero-order chi connectivity index (χ0) is 12.4. The minimum Gasteiger partial charge on any atom is -0.273 e. The van der Waals surface area contributed by atoms with Gasteiger partial charge in [-0.05, 0) is 18.2 Å². The minimum atomic E-state index is -0.465. The summed E-state index contributed by atoms with van der Waals surface area (Å²) in [6.07, 6.45) is 3.13. The number of benzene rings is 1. The number of hydrogen-bond donors (Lipinski definition) is 0. The molecule has 0 spiro atoms. The van der Waals surface area contributed by atoms with Crippen LogP contribution in [0.5, 0.6) is 0 Å². The summed E-state index contributed by atoms with van der Waals surface area (Å²) in [6, 6.07) is 4.89.